The van der Waals surface area contributed by atoms with Gasteiger partial charge in [0.05, 0.1) is 21.6 Å². The molecule has 3 rings (SSSR count). The summed E-state index contributed by atoms with van der Waals surface area (Å²) >= 11 is 0. The zero-order valence-electron chi connectivity index (χ0n) is 15.7. The van der Waals surface area contributed by atoms with Gasteiger partial charge in [-0.25, -0.2) is 12.8 Å². The maximum absolute atomic E-state index is 13.5. The van der Waals surface area contributed by atoms with Crippen molar-refractivity contribution in [1.82, 2.24) is 5.32 Å². The number of benzene rings is 1. The number of alkyl halides is 3. The Balaban J connectivity index is 1.57. The second kappa shape index (κ2) is 8.22. The van der Waals surface area contributed by atoms with E-state index in [0.29, 0.717) is 18.7 Å². The lowest BCUT2D eigenvalue weighted by atomic mass is 9.83. The normalized spacial score (nSPS) is 27.9. The summed E-state index contributed by atoms with van der Waals surface area (Å²) in [7, 11) is -4.08. The van der Waals surface area contributed by atoms with Crippen molar-refractivity contribution in [2.24, 2.45) is 17.6 Å². The average molecular weight is 436 g/mol. The van der Waals surface area contributed by atoms with Gasteiger partial charge >= 0.3 is 6.18 Å². The molecule has 2 aliphatic carbocycles. The fourth-order valence-electron chi connectivity index (χ4n) is 4.04. The topological polar surface area (TPSA) is 89.3 Å². The van der Waals surface area contributed by atoms with Crippen molar-refractivity contribution in [2.45, 2.75) is 60.9 Å². The van der Waals surface area contributed by atoms with Crippen molar-refractivity contribution in [3.8, 4) is 0 Å². The number of rotatable bonds is 5. The predicted molar refractivity (Wildman–Crippen MR) is 98.0 cm³/mol. The first-order valence-electron chi connectivity index (χ1n) is 9.63. The van der Waals surface area contributed by atoms with Gasteiger partial charge in [-0.1, -0.05) is 12.8 Å². The molecule has 0 aromatic heterocycles. The molecular weight excluding hydrogens is 412 g/mol. The van der Waals surface area contributed by atoms with E-state index in [9.17, 15) is 30.8 Å². The Morgan fingerprint density at radius 2 is 1.79 bits per heavy atom. The van der Waals surface area contributed by atoms with Gasteiger partial charge in [0.25, 0.3) is 0 Å². The Kier molecular flexibility index (Phi) is 6.24. The van der Waals surface area contributed by atoms with Crippen molar-refractivity contribution in [3.63, 3.8) is 0 Å². The summed E-state index contributed by atoms with van der Waals surface area (Å²) in [5, 5.41) is 1.93. The van der Waals surface area contributed by atoms with Gasteiger partial charge in [-0.3, -0.25) is 4.79 Å². The van der Waals surface area contributed by atoms with Crippen molar-refractivity contribution in [2.75, 3.05) is 6.54 Å². The standard InChI is InChI=1S/C19H24F4N2O3S/c20-13-7-12(19(21,22)23)8-15(9-13)29(27,28)14-5-11(6-14)10-25-18(26)16-3-1-2-4-17(16)24/h7-9,11,14,16-17H,1-6,10,24H2,(H,25,26)/t11-,14-,16-,17+/m0/s1. The van der Waals surface area contributed by atoms with Crippen LogP contribution in [-0.4, -0.2) is 32.2 Å². The molecule has 29 heavy (non-hydrogen) atoms. The van der Waals surface area contributed by atoms with Gasteiger partial charge < -0.3 is 11.1 Å². The number of carbonyl (C=O) groups is 1. The fourth-order valence-corrected chi connectivity index (χ4v) is 6.04. The molecule has 162 valence electrons. The van der Waals surface area contributed by atoms with Crippen LogP contribution in [0.15, 0.2) is 23.1 Å². The highest BCUT2D eigenvalue weighted by molar-refractivity contribution is 7.92. The molecule has 0 saturated heterocycles. The van der Waals surface area contributed by atoms with E-state index in [2.05, 4.69) is 5.32 Å². The van der Waals surface area contributed by atoms with Gasteiger partial charge in [0.15, 0.2) is 9.84 Å². The van der Waals surface area contributed by atoms with Crippen molar-refractivity contribution < 1.29 is 30.8 Å². The van der Waals surface area contributed by atoms with Crippen LogP contribution < -0.4 is 11.1 Å². The second-order valence-electron chi connectivity index (χ2n) is 7.98. The SMILES string of the molecule is N[C@@H]1CCCC[C@@H]1C(=O)NC[C@H]1C[C@H](S(=O)(=O)c2cc(F)cc(C(F)(F)F)c2)C1. The van der Waals surface area contributed by atoms with Crippen LogP contribution in [0.5, 0.6) is 0 Å². The Morgan fingerprint density at radius 3 is 2.41 bits per heavy atom. The van der Waals surface area contributed by atoms with Crippen LogP contribution in [0.1, 0.15) is 44.1 Å². The van der Waals surface area contributed by atoms with E-state index < -0.39 is 37.5 Å². The molecule has 0 bridgehead atoms. The third-order valence-electron chi connectivity index (χ3n) is 5.88. The van der Waals surface area contributed by atoms with Crippen LogP contribution >= 0.6 is 0 Å². The molecule has 0 spiro atoms. The van der Waals surface area contributed by atoms with E-state index in [1.807, 2.05) is 0 Å². The molecule has 3 N–H and O–H groups in total. The molecule has 5 nitrogen and oxygen atoms in total. The molecule has 2 aliphatic rings. The Bertz CT molecular complexity index is 867. The van der Waals surface area contributed by atoms with Crippen LogP contribution in [0.2, 0.25) is 0 Å². The highest BCUT2D eigenvalue weighted by Crippen LogP contribution is 2.38. The summed E-state index contributed by atoms with van der Waals surface area (Å²) in [4.78, 5) is 11.6. The molecule has 0 radical (unpaired) electrons. The van der Waals surface area contributed by atoms with E-state index in [4.69, 9.17) is 5.73 Å². The van der Waals surface area contributed by atoms with Gasteiger partial charge in [0, 0.05) is 12.6 Å². The quantitative estimate of drug-likeness (QED) is 0.695. The summed E-state index contributed by atoms with van der Waals surface area (Å²) in [6.07, 6.45) is -0.940. The molecule has 0 unspecified atom stereocenters. The smallest absolute Gasteiger partial charge is 0.356 e. The van der Waals surface area contributed by atoms with Gasteiger partial charge in [0.1, 0.15) is 5.82 Å². The number of hydrogen-bond donors (Lipinski definition) is 2. The molecule has 1 amide bonds. The summed E-state index contributed by atoms with van der Waals surface area (Å²) in [6.45, 7) is 0.297. The summed E-state index contributed by atoms with van der Waals surface area (Å²) in [5.41, 5.74) is 4.65. The molecule has 2 fully saturated rings. The zero-order chi connectivity index (χ0) is 21.4. The minimum Gasteiger partial charge on any atom is -0.356 e. The summed E-state index contributed by atoms with van der Waals surface area (Å²) < 4.78 is 77.2. The monoisotopic (exact) mass is 436 g/mol. The fraction of sp³-hybridized carbons (Fsp3) is 0.632. The first kappa shape index (κ1) is 22.0. The molecule has 0 heterocycles. The lowest BCUT2D eigenvalue weighted by Gasteiger charge is -2.36. The molecule has 1 aromatic carbocycles. The molecule has 0 aliphatic heterocycles. The number of halogens is 4. The third kappa shape index (κ3) is 4.91. The number of nitrogens with one attached hydrogen (secondary N) is 1. The Morgan fingerprint density at radius 1 is 1.14 bits per heavy atom. The van der Waals surface area contributed by atoms with Crippen LogP contribution in [0.25, 0.3) is 0 Å². The van der Waals surface area contributed by atoms with Crippen LogP contribution in [0.3, 0.4) is 0 Å². The zero-order valence-corrected chi connectivity index (χ0v) is 16.5. The van der Waals surface area contributed by atoms with Gasteiger partial charge in [-0.05, 0) is 49.8 Å². The first-order valence-corrected chi connectivity index (χ1v) is 11.2. The van der Waals surface area contributed by atoms with Gasteiger partial charge in [-0.15, -0.1) is 0 Å². The lowest BCUT2D eigenvalue weighted by Crippen LogP contribution is -2.47. The van der Waals surface area contributed by atoms with E-state index in [1.165, 1.54) is 0 Å². The number of sulfone groups is 1. The van der Waals surface area contributed by atoms with Gasteiger partial charge in [0.2, 0.25) is 5.91 Å². The maximum Gasteiger partial charge on any atom is 0.416 e. The number of amides is 1. The number of nitrogens with two attached hydrogens (primary N) is 1. The highest BCUT2D eigenvalue weighted by Gasteiger charge is 2.41. The average Bonchev–Trinajstić information content (AvgIpc) is 2.59. The minimum atomic E-state index is -4.83. The van der Waals surface area contributed by atoms with Crippen LogP contribution in [0.4, 0.5) is 17.6 Å². The highest BCUT2D eigenvalue weighted by atomic mass is 32.2. The maximum atomic E-state index is 13.5. The second-order valence-corrected chi connectivity index (χ2v) is 10.2. The molecule has 10 heteroatoms. The Hall–Kier alpha value is -1.68. The van der Waals surface area contributed by atoms with Crippen LogP contribution in [-0.2, 0) is 20.8 Å². The largest absolute Gasteiger partial charge is 0.416 e. The molecule has 2 atom stereocenters. The summed E-state index contributed by atoms with van der Waals surface area (Å²) in [5.74, 6) is -1.71. The first-order chi connectivity index (χ1) is 13.5. The van der Waals surface area contributed by atoms with Crippen molar-refractivity contribution in [3.05, 3.63) is 29.6 Å². The Labute approximate surface area is 167 Å². The van der Waals surface area contributed by atoms with Crippen molar-refractivity contribution in [1.29, 1.82) is 0 Å². The molecular formula is C19H24F4N2O3S. The van der Waals surface area contributed by atoms with E-state index in [0.717, 1.165) is 25.7 Å². The minimum absolute atomic E-state index is 0.0887. The molecule has 1 aromatic rings. The number of hydrogen-bond acceptors (Lipinski definition) is 4. The number of carbonyl (C=O) groups excluding carboxylic acids is 1. The van der Waals surface area contributed by atoms with E-state index in [1.54, 1.807) is 0 Å². The van der Waals surface area contributed by atoms with Crippen molar-refractivity contribution >= 4 is 15.7 Å². The third-order valence-corrected chi connectivity index (χ3v) is 8.03. The van der Waals surface area contributed by atoms with E-state index in [-0.39, 0.29) is 42.7 Å². The molecule has 2 saturated carbocycles. The van der Waals surface area contributed by atoms with Crippen LogP contribution in [0, 0.1) is 17.7 Å². The summed E-state index contributed by atoms with van der Waals surface area (Å²) in [6, 6.07) is 1.19. The van der Waals surface area contributed by atoms with Gasteiger partial charge in [-0.2, -0.15) is 13.2 Å². The lowest BCUT2D eigenvalue weighted by molar-refractivity contribution is -0.138. The van der Waals surface area contributed by atoms with E-state index >= 15 is 0 Å². The predicted octanol–water partition coefficient (Wildman–Crippen LogP) is 3.03.